The summed E-state index contributed by atoms with van der Waals surface area (Å²) in [5.74, 6) is -3.42. The molecule has 3 atom stereocenters. The van der Waals surface area contributed by atoms with Crippen molar-refractivity contribution in [2.24, 2.45) is 5.92 Å². The third kappa shape index (κ3) is 3.85. The quantitative estimate of drug-likeness (QED) is 0.779. The molecule has 1 aromatic heterocycles. The van der Waals surface area contributed by atoms with Gasteiger partial charge in [-0.15, -0.1) is 0 Å². The lowest BCUT2D eigenvalue weighted by Crippen LogP contribution is -2.58. The second kappa shape index (κ2) is 7.40. The van der Waals surface area contributed by atoms with Crippen molar-refractivity contribution in [1.29, 1.82) is 0 Å². The molecule has 0 bridgehead atoms. The molecule has 1 aliphatic rings. The molecule has 29 heavy (non-hydrogen) atoms. The van der Waals surface area contributed by atoms with E-state index in [0.29, 0.717) is 19.0 Å². The van der Waals surface area contributed by atoms with Crippen LogP contribution >= 0.6 is 0 Å². The molecular formula is C19H20F5N3O2. The Morgan fingerprint density at radius 3 is 2.52 bits per heavy atom. The van der Waals surface area contributed by atoms with Gasteiger partial charge in [-0.3, -0.25) is 4.79 Å². The third-order valence-electron chi connectivity index (χ3n) is 5.35. The summed E-state index contributed by atoms with van der Waals surface area (Å²) >= 11 is 0. The number of likely N-dealkylation sites (tertiary alicyclic amines) is 1. The number of amides is 1. The van der Waals surface area contributed by atoms with Gasteiger partial charge in [0, 0.05) is 37.0 Å². The van der Waals surface area contributed by atoms with Crippen LogP contribution in [-0.4, -0.2) is 50.6 Å². The largest absolute Gasteiger partial charge is 0.426 e. The molecule has 5 nitrogen and oxygen atoms in total. The van der Waals surface area contributed by atoms with Crippen LogP contribution in [0, 0.1) is 17.6 Å². The minimum absolute atomic E-state index is 0.00283. The second-order valence-electron chi connectivity index (χ2n) is 7.46. The first-order valence-corrected chi connectivity index (χ1v) is 9.01. The molecule has 1 N–H and O–H groups in total. The van der Waals surface area contributed by atoms with Crippen molar-refractivity contribution < 1.29 is 31.9 Å². The highest BCUT2D eigenvalue weighted by Gasteiger charge is 2.57. The van der Waals surface area contributed by atoms with Crippen LogP contribution in [0.2, 0.25) is 0 Å². The monoisotopic (exact) mass is 417 g/mol. The molecule has 10 heteroatoms. The summed E-state index contributed by atoms with van der Waals surface area (Å²) in [6.45, 7) is 2.19. The van der Waals surface area contributed by atoms with Crippen molar-refractivity contribution in [3.05, 3.63) is 47.8 Å². The Labute approximate surface area is 163 Å². The van der Waals surface area contributed by atoms with E-state index in [1.165, 1.54) is 16.9 Å². The van der Waals surface area contributed by atoms with E-state index >= 15 is 0 Å². The first kappa shape index (κ1) is 21.2. The van der Waals surface area contributed by atoms with Gasteiger partial charge in [-0.25, -0.2) is 13.5 Å². The second-order valence-corrected chi connectivity index (χ2v) is 7.46. The maximum Gasteiger partial charge on any atom is 0.426 e. The summed E-state index contributed by atoms with van der Waals surface area (Å²) < 4.78 is 67.6. The molecule has 1 unspecified atom stereocenters. The molecule has 2 aromatic rings. The van der Waals surface area contributed by atoms with Gasteiger partial charge < -0.3 is 10.0 Å². The van der Waals surface area contributed by atoms with E-state index in [-0.39, 0.29) is 30.6 Å². The summed E-state index contributed by atoms with van der Waals surface area (Å²) in [4.78, 5) is 13.2. The van der Waals surface area contributed by atoms with E-state index < -0.39 is 29.3 Å². The van der Waals surface area contributed by atoms with Gasteiger partial charge in [0.2, 0.25) is 5.60 Å². The normalized spacial score (nSPS) is 22.4. The molecule has 1 saturated heterocycles. The van der Waals surface area contributed by atoms with Crippen molar-refractivity contribution in [1.82, 2.24) is 14.7 Å². The molecule has 1 amide bonds. The number of nitrogens with zero attached hydrogens (tertiary/aromatic N) is 3. The van der Waals surface area contributed by atoms with E-state index in [1.807, 2.05) is 0 Å². The highest BCUT2D eigenvalue weighted by Crippen LogP contribution is 2.37. The Bertz CT molecular complexity index is 909. The predicted octanol–water partition coefficient (Wildman–Crippen LogP) is 3.42. The minimum atomic E-state index is -5.08. The lowest BCUT2D eigenvalue weighted by atomic mass is 9.83. The molecule has 0 aliphatic carbocycles. The van der Waals surface area contributed by atoms with Crippen LogP contribution in [0.5, 0.6) is 0 Å². The molecule has 158 valence electrons. The lowest BCUT2D eigenvalue weighted by Gasteiger charge is -2.40. The van der Waals surface area contributed by atoms with Crippen molar-refractivity contribution in [3.63, 3.8) is 0 Å². The predicted molar refractivity (Wildman–Crippen MR) is 93.3 cm³/mol. The number of halogens is 5. The summed E-state index contributed by atoms with van der Waals surface area (Å²) in [6.07, 6.45) is -3.32. The Kier molecular flexibility index (Phi) is 5.42. The molecule has 1 fully saturated rings. The average Bonchev–Trinajstić information content (AvgIpc) is 3.09. The van der Waals surface area contributed by atoms with Crippen molar-refractivity contribution in [2.75, 3.05) is 13.1 Å². The number of hydrogen-bond donors (Lipinski definition) is 1. The maximum absolute atomic E-state index is 14.2. The molecule has 3 rings (SSSR count). The smallest absolute Gasteiger partial charge is 0.373 e. The van der Waals surface area contributed by atoms with Gasteiger partial charge >= 0.3 is 6.18 Å². The van der Waals surface area contributed by atoms with Crippen LogP contribution in [0.1, 0.15) is 31.9 Å². The van der Waals surface area contributed by atoms with Crippen LogP contribution in [0.3, 0.4) is 0 Å². The number of alkyl halides is 3. The summed E-state index contributed by atoms with van der Waals surface area (Å²) in [5, 5.41) is 13.7. The zero-order chi connectivity index (χ0) is 21.6. The fraction of sp³-hybridized carbons (Fsp3) is 0.474. The van der Waals surface area contributed by atoms with Gasteiger partial charge in [-0.1, -0.05) is 6.92 Å². The SMILES string of the molecule is C[C@@H]1CN(C(=O)[C@@](C)(O)C(F)(F)F)CCC1c1ccnn1-c1ccc(F)cc1F. The van der Waals surface area contributed by atoms with E-state index in [4.69, 9.17) is 0 Å². The minimum Gasteiger partial charge on any atom is -0.373 e. The first-order chi connectivity index (χ1) is 13.4. The van der Waals surface area contributed by atoms with Gasteiger partial charge in [-0.2, -0.15) is 18.3 Å². The highest BCUT2D eigenvalue weighted by molar-refractivity contribution is 5.85. The van der Waals surface area contributed by atoms with Crippen LogP contribution < -0.4 is 0 Å². The Balaban J connectivity index is 1.82. The number of piperidine rings is 1. The highest BCUT2D eigenvalue weighted by atomic mass is 19.4. The number of hydrogen-bond acceptors (Lipinski definition) is 3. The molecule has 0 spiro atoms. The number of carbonyl (C=O) groups excluding carboxylic acids is 1. The van der Waals surface area contributed by atoms with Crippen LogP contribution in [0.25, 0.3) is 5.69 Å². The molecule has 1 aromatic carbocycles. The summed E-state index contributed by atoms with van der Waals surface area (Å²) in [7, 11) is 0. The fourth-order valence-corrected chi connectivity index (χ4v) is 3.65. The molecular weight excluding hydrogens is 397 g/mol. The van der Waals surface area contributed by atoms with Gasteiger partial charge in [-0.05, 0) is 37.5 Å². The Hall–Kier alpha value is -2.49. The first-order valence-electron chi connectivity index (χ1n) is 9.01. The number of aliphatic hydroxyl groups is 1. The molecule has 2 heterocycles. The van der Waals surface area contributed by atoms with Crippen LogP contribution in [0.4, 0.5) is 22.0 Å². The molecule has 0 saturated carbocycles. The van der Waals surface area contributed by atoms with E-state index in [0.717, 1.165) is 17.0 Å². The average molecular weight is 417 g/mol. The maximum atomic E-state index is 14.2. The Morgan fingerprint density at radius 1 is 1.24 bits per heavy atom. The fourth-order valence-electron chi connectivity index (χ4n) is 3.65. The number of benzene rings is 1. The number of carbonyl (C=O) groups is 1. The van der Waals surface area contributed by atoms with Crippen LogP contribution in [-0.2, 0) is 4.79 Å². The lowest BCUT2D eigenvalue weighted by molar-refractivity contribution is -0.250. The third-order valence-corrected chi connectivity index (χ3v) is 5.35. The summed E-state index contributed by atoms with van der Waals surface area (Å²) in [5.41, 5.74) is -2.80. The van der Waals surface area contributed by atoms with Crippen molar-refractivity contribution >= 4 is 5.91 Å². The van der Waals surface area contributed by atoms with Gasteiger partial charge in [0.25, 0.3) is 5.91 Å². The molecule has 0 radical (unpaired) electrons. The Morgan fingerprint density at radius 2 is 1.93 bits per heavy atom. The number of rotatable bonds is 3. The van der Waals surface area contributed by atoms with Crippen LogP contribution in [0.15, 0.2) is 30.5 Å². The zero-order valence-electron chi connectivity index (χ0n) is 15.7. The zero-order valence-corrected chi connectivity index (χ0v) is 15.7. The standard InChI is InChI=1S/C19H20F5N3O2/c1-11-10-26(17(28)18(2,29)19(22,23)24)8-6-13(11)15-5-7-25-27(15)16-4-3-12(20)9-14(16)21/h3-5,7,9,11,13,29H,6,8,10H2,1-2H3/t11-,13?,18-/m1/s1. The molecule has 1 aliphatic heterocycles. The van der Waals surface area contributed by atoms with E-state index in [1.54, 1.807) is 13.0 Å². The summed E-state index contributed by atoms with van der Waals surface area (Å²) in [6, 6.07) is 4.76. The van der Waals surface area contributed by atoms with Crippen molar-refractivity contribution in [2.45, 2.75) is 38.0 Å². The van der Waals surface area contributed by atoms with E-state index in [9.17, 15) is 31.9 Å². The number of aromatic nitrogens is 2. The van der Waals surface area contributed by atoms with Gasteiger partial charge in [0.1, 0.15) is 11.5 Å². The van der Waals surface area contributed by atoms with Gasteiger partial charge in [0.05, 0.1) is 0 Å². The topological polar surface area (TPSA) is 58.4 Å². The van der Waals surface area contributed by atoms with Gasteiger partial charge in [0.15, 0.2) is 5.82 Å². The van der Waals surface area contributed by atoms with Crippen molar-refractivity contribution in [3.8, 4) is 5.69 Å². The van der Waals surface area contributed by atoms with E-state index in [2.05, 4.69) is 5.10 Å².